The summed E-state index contributed by atoms with van der Waals surface area (Å²) in [6.07, 6.45) is 1.33. The van der Waals surface area contributed by atoms with Crippen molar-refractivity contribution in [1.29, 1.82) is 0 Å². The molecule has 3 N–H and O–H groups in total. The smallest absolute Gasteiger partial charge is 0.332 e. The molecule has 0 bridgehead atoms. The van der Waals surface area contributed by atoms with E-state index in [1.807, 2.05) is 0 Å². The lowest BCUT2D eigenvalue weighted by atomic mass is 10.2. The van der Waals surface area contributed by atoms with Crippen LogP contribution in [0.2, 0.25) is 5.02 Å². The van der Waals surface area contributed by atoms with Crippen LogP contribution in [-0.2, 0) is 4.79 Å². The zero-order valence-electron chi connectivity index (χ0n) is 11.0. The average molecular weight is 300 g/mol. The monoisotopic (exact) mass is 299 g/mol. The molecule has 20 heavy (non-hydrogen) atoms. The van der Waals surface area contributed by atoms with Crippen LogP contribution < -0.4 is 20.6 Å². The highest BCUT2D eigenvalue weighted by Crippen LogP contribution is 2.36. The topological polar surface area (TPSA) is 103 Å². The van der Waals surface area contributed by atoms with Crippen molar-refractivity contribution < 1.29 is 19.1 Å². The zero-order chi connectivity index (χ0) is 15.1. The van der Waals surface area contributed by atoms with Crippen LogP contribution in [0.5, 0.6) is 11.5 Å². The molecular formula is C12H14ClN3O4. The van der Waals surface area contributed by atoms with Gasteiger partial charge in [0.25, 0.3) is 0 Å². The maximum absolute atomic E-state index is 11.0. The molecule has 8 heteroatoms. The number of nitrogens with one attached hydrogen (secondary N) is 1. The van der Waals surface area contributed by atoms with Crippen LogP contribution in [0.15, 0.2) is 17.2 Å². The van der Waals surface area contributed by atoms with E-state index >= 15 is 0 Å². The second kappa shape index (κ2) is 7.34. The molecule has 0 spiro atoms. The van der Waals surface area contributed by atoms with Gasteiger partial charge in [0, 0.05) is 6.92 Å². The molecule has 7 nitrogen and oxygen atoms in total. The first-order valence-corrected chi connectivity index (χ1v) is 6.05. The number of hydrogen-bond acceptors (Lipinski definition) is 5. The van der Waals surface area contributed by atoms with E-state index in [4.69, 9.17) is 26.8 Å². The highest BCUT2D eigenvalue weighted by atomic mass is 35.5. The first kappa shape index (κ1) is 15.8. The van der Waals surface area contributed by atoms with E-state index in [2.05, 4.69) is 10.5 Å². The second-order valence-corrected chi connectivity index (χ2v) is 4.00. The number of primary amides is 1. The summed E-state index contributed by atoms with van der Waals surface area (Å²) in [5.41, 5.74) is 7.47. The van der Waals surface area contributed by atoms with Crippen LogP contribution in [0, 0.1) is 0 Å². The largest absolute Gasteiger partial charge is 0.490 e. The van der Waals surface area contributed by atoms with Crippen molar-refractivity contribution in [3.05, 3.63) is 22.7 Å². The fourth-order valence-corrected chi connectivity index (χ4v) is 1.60. The third-order valence-corrected chi connectivity index (χ3v) is 2.25. The summed E-state index contributed by atoms with van der Waals surface area (Å²) in [4.78, 5) is 21.5. The Balaban J connectivity index is 3.08. The van der Waals surface area contributed by atoms with Gasteiger partial charge in [0.2, 0.25) is 0 Å². The molecule has 0 aromatic heterocycles. The Morgan fingerprint density at radius 2 is 2.20 bits per heavy atom. The number of carbonyl (C=O) groups is 2. The van der Waals surface area contributed by atoms with Gasteiger partial charge in [-0.2, -0.15) is 5.10 Å². The lowest BCUT2D eigenvalue weighted by molar-refractivity contribution is -0.132. The van der Waals surface area contributed by atoms with Crippen LogP contribution >= 0.6 is 11.6 Å². The van der Waals surface area contributed by atoms with E-state index in [1.54, 1.807) is 13.0 Å². The van der Waals surface area contributed by atoms with E-state index in [0.717, 1.165) is 0 Å². The van der Waals surface area contributed by atoms with Gasteiger partial charge in [-0.3, -0.25) is 4.79 Å². The SMILES string of the molecule is CCOc1cc(C=NNC(N)=O)cc(Cl)c1OC(C)=O. The fourth-order valence-electron chi connectivity index (χ4n) is 1.34. The van der Waals surface area contributed by atoms with Crippen LogP contribution in [0.1, 0.15) is 19.4 Å². The summed E-state index contributed by atoms with van der Waals surface area (Å²) < 4.78 is 10.3. The summed E-state index contributed by atoms with van der Waals surface area (Å²) in [5, 5.41) is 3.79. The van der Waals surface area contributed by atoms with Gasteiger partial charge in [-0.05, 0) is 24.6 Å². The Bertz CT molecular complexity index is 546. The van der Waals surface area contributed by atoms with Crippen LogP contribution in [0.4, 0.5) is 4.79 Å². The molecule has 0 saturated heterocycles. The summed E-state index contributed by atoms with van der Waals surface area (Å²) in [7, 11) is 0. The maximum Gasteiger partial charge on any atom is 0.332 e. The number of nitrogens with two attached hydrogens (primary N) is 1. The highest BCUT2D eigenvalue weighted by molar-refractivity contribution is 6.32. The number of urea groups is 1. The summed E-state index contributed by atoms with van der Waals surface area (Å²) in [6.45, 7) is 3.41. The molecule has 2 amide bonds. The van der Waals surface area contributed by atoms with Gasteiger partial charge < -0.3 is 15.2 Å². The van der Waals surface area contributed by atoms with Gasteiger partial charge in [-0.15, -0.1) is 0 Å². The molecule has 1 rings (SSSR count). The van der Waals surface area contributed by atoms with Crippen LogP contribution in [0.25, 0.3) is 0 Å². The predicted molar refractivity (Wildman–Crippen MR) is 74.2 cm³/mol. The molecule has 0 unspecified atom stereocenters. The molecule has 0 radical (unpaired) electrons. The van der Waals surface area contributed by atoms with Crippen molar-refractivity contribution in [2.45, 2.75) is 13.8 Å². The van der Waals surface area contributed by atoms with E-state index in [9.17, 15) is 9.59 Å². The first-order valence-electron chi connectivity index (χ1n) is 5.67. The van der Waals surface area contributed by atoms with Gasteiger partial charge in [-0.1, -0.05) is 11.6 Å². The van der Waals surface area contributed by atoms with E-state index in [-0.39, 0.29) is 10.8 Å². The van der Waals surface area contributed by atoms with Gasteiger partial charge >= 0.3 is 12.0 Å². The van der Waals surface area contributed by atoms with Crippen LogP contribution in [0.3, 0.4) is 0 Å². The minimum atomic E-state index is -0.783. The predicted octanol–water partition coefficient (Wildman–Crippen LogP) is 1.67. The van der Waals surface area contributed by atoms with Crippen molar-refractivity contribution >= 4 is 29.8 Å². The molecule has 108 valence electrons. The van der Waals surface area contributed by atoms with E-state index in [0.29, 0.717) is 17.9 Å². The van der Waals surface area contributed by atoms with Crippen molar-refractivity contribution in [1.82, 2.24) is 5.43 Å². The van der Waals surface area contributed by atoms with Crippen molar-refractivity contribution in [2.24, 2.45) is 10.8 Å². The van der Waals surface area contributed by atoms with Gasteiger partial charge in [-0.25, -0.2) is 10.2 Å². The molecule has 0 saturated carbocycles. The number of halogens is 1. The number of hydrazone groups is 1. The van der Waals surface area contributed by atoms with Gasteiger partial charge in [0.1, 0.15) is 0 Å². The molecule has 0 aliphatic carbocycles. The number of rotatable bonds is 5. The Morgan fingerprint density at radius 1 is 1.50 bits per heavy atom. The summed E-state index contributed by atoms with van der Waals surface area (Å²) >= 11 is 6.02. The van der Waals surface area contributed by atoms with Crippen molar-refractivity contribution in [3.8, 4) is 11.5 Å². The van der Waals surface area contributed by atoms with E-state index < -0.39 is 12.0 Å². The van der Waals surface area contributed by atoms with Crippen molar-refractivity contribution in [2.75, 3.05) is 6.61 Å². The molecule has 0 heterocycles. The normalized spacial score (nSPS) is 10.3. The first-order chi connectivity index (χ1) is 9.43. The lowest BCUT2D eigenvalue weighted by Gasteiger charge is -2.12. The third kappa shape index (κ3) is 4.77. The third-order valence-electron chi connectivity index (χ3n) is 1.97. The Kier molecular flexibility index (Phi) is 5.79. The average Bonchev–Trinajstić information content (AvgIpc) is 2.33. The number of carbonyl (C=O) groups excluding carboxylic acids is 2. The Labute approximate surface area is 120 Å². The lowest BCUT2D eigenvalue weighted by Crippen LogP contribution is -2.24. The quantitative estimate of drug-likeness (QED) is 0.373. The Hall–Kier alpha value is -2.28. The number of amides is 2. The molecule has 0 aliphatic rings. The molecule has 0 atom stereocenters. The zero-order valence-corrected chi connectivity index (χ0v) is 11.7. The second-order valence-electron chi connectivity index (χ2n) is 3.59. The minimum absolute atomic E-state index is 0.140. The Morgan fingerprint density at radius 3 is 2.75 bits per heavy atom. The molecular weight excluding hydrogens is 286 g/mol. The minimum Gasteiger partial charge on any atom is -0.490 e. The molecule has 1 aromatic rings. The fraction of sp³-hybridized carbons (Fsp3) is 0.250. The molecule has 0 aliphatic heterocycles. The van der Waals surface area contributed by atoms with Gasteiger partial charge in [0.05, 0.1) is 17.8 Å². The standard InChI is InChI=1S/C12H14ClN3O4/c1-3-19-10-5-8(6-15-16-12(14)18)4-9(13)11(10)20-7(2)17/h4-6H,3H2,1-2H3,(H3,14,16,18). The van der Waals surface area contributed by atoms with Crippen molar-refractivity contribution in [3.63, 3.8) is 0 Å². The van der Waals surface area contributed by atoms with E-state index in [1.165, 1.54) is 19.2 Å². The number of esters is 1. The maximum atomic E-state index is 11.0. The summed E-state index contributed by atoms with van der Waals surface area (Å²) in [5.74, 6) is -0.0681. The van der Waals surface area contributed by atoms with Crippen LogP contribution in [-0.4, -0.2) is 24.8 Å². The number of benzene rings is 1. The van der Waals surface area contributed by atoms with Gasteiger partial charge in [0.15, 0.2) is 11.5 Å². The summed E-state index contributed by atoms with van der Waals surface area (Å²) in [6, 6.07) is 2.29. The molecule has 0 fully saturated rings. The molecule has 1 aromatic carbocycles. The number of nitrogens with zero attached hydrogens (tertiary/aromatic N) is 1. The highest BCUT2D eigenvalue weighted by Gasteiger charge is 2.14. The number of ether oxygens (including phenoxy) is 2. The number of hydrogen-bond donors (Lipinski definition) is 2.